The lowest BCUT2D eigenvalue weighted by molar-refractivity contribution is 0.0616. The molecule has 0 unspecified atom stereocenters. The standard InChI is InChI=1S/C19H25FN4O/c1-14(2)17-12-18(22(3)21-17)19(25)24-10-8-23(9-11-24)13-15-6-4-5-7-16(15)20/h4-7,12,14H,8-11,13H2,1-3H3. The first kappa shape index (κ1) is 17.6. The van der Waals surface area contributed by atoms with Crippen molar-refractivity contribution in [2.24, 2.45) is 7.05 Å². The van der Waals surface area contributed by atoms with E-state index in [-0.39, 0.29) is 11.7 Å². The Hall–Kier alpha value is -2.21. The van der Waals surface area contributed by atoms with Crippen molar-refractivity contribution in [2.75, 3.05) is 26.2 Å². The monoisotopic (exact) mass is 344 g/mol. The van der Waals surface area contributed by atoms with Gasteiger partial charge in [0.15, 0.2) is 0 Å². The number of nitrogens with zero attached hydrogens (tertiary/aromatic N) is 4. The summed E-state index contributed by atoms with van der Waals surface area (Å²) in [4.78, 5) is 16.8. The molecule has 0 atom stereocenters. The molecule has 5 nitrogen and oxygen atoms in total. The smallest absolute Gasteiger partial charge is 0.272 e. The van der Waals surface area contributed by atoms with Gasteiger partial charge in [0.1, 0.15) is 11.5 Å². The fourth-order valence-electron chi connectivity index (χ4n) is 3.11. The zero-order valence-corrected chi connectivity index (χ0v) is 15.1. The second-order valence-electron chi connectivity index (χ2n) is 6.89. The van der Waals surface area contributed by atoms with E-state index < -0.39 is 0 Å². The van der Waals surface area contributed by atoms with Crippen molar-refractivity contribution < 1.29 is 9.18 Å². The minimum absolute atomic E-state index is 0.0208. The quantitative estimate of drug-likeness (QED) is 0.856. The SMILES string of the molecule is CC(C)c1cc(C(=O)N2CCN(Cc3ccccc3F)CC2)n(C)n1. The maximum Gasteiger partial charge on any atom is 0.272 e. The third kappa shape index (κ3) is 3.90. The van der Waals surface area contributed by atoms with Gasteiger partial charge in [-0.25, -0.2) is 4.39 Å². The summed E-state index contributed by atoms with van der Waals surface area (Å²) in [7, 11) is 1.81. The second kappa shape index (κ2) is 7.35. The van der Waals surface area contributed by atoms with Gasteiger partial charge in [0.05, 0.1) is 5.69 Å². The number of benzene rings is 1. The topological polar surface area (TPSA) is 41.4 Å². The maximum atomic E-state index is 13.8. The van der Waals surface area contributed by atoms with E-state index in [9.17, 15) is 9.18 Å². The van der Waals surface area contributed by atoms with E-state index in [4.69, 9.17) is 0 Å². The van der Waals surface area contributed by atoms with Crippen LogP contribution in [0.25, 0.3) is 0 Å². The molecule has 2 heterocycles. The molecule has 134 valence electrons. The van der Waals surface area contributed by atoms with E-state index in [1.54, 1.807) is 10.7 Å². The molecule has 0 radical (unpaired) electrons. The van der Waals surface area contributed by atoms with Gasteiger partial charge in [0, 0.05) is 45.3 Å². The van der Waals surface area contributed by atoms with Crippen molar-refractivity contribution >= 4 is 5.91 Å². The molecule has 0 saturated carbocycles. The average Bonchev–Trinajstić information content (AvgIpc) is 2.99. The van der Waals surface area contributed by atoms with Gasteiger partial charge < -0.3 is 4.90 Å². The van der Waals surface area contributed by atoms with Crippen molar-refractivity contribution in [2.45, 2.75) is 26.3 Å². The van der Waals surface area contributed by atoms with Gasteiger partial charge in [-0.2, -0.15) is 5.10 Å². The summed E-state index contributed by atoms with van der Waals surface area (Å²) >= 11 is 0. The van der Waals surface area contributed by atoms with Gasteiger partial charge >= 0.3 is 0 Å². The molecular weight excluding hydrogens is 319 g/mol. The minimum atomic E-state index is -0.169. The Morgan fingerprint density at radius 1 is 1.20 bits per heavy atom. The highest BCUT2D eigenvalue weighted by atomic mass is 19.1. The Labute approximate surface area is 148 Å². The Bertz CT molecular complexity index is 748. The Morgan fingerprint density at radius 3 is 2.48 bits per heavy atom. The third-order valence-corrected chi connectivity index (χ3v) is 4.72. The van der Waals surface area contributed by atoms with E-state index in [0.29, 0.717) is 36.8 Å². The molecule has 1 aliphatic rings. The molecule has 3 rings (SSSR count). The van der Waals surface area contributed by atoms with Crippen LogP contribution in [-0.2, 0) is 13.6 Å². The van der Waals surface area contributed by atoms with E-state index in [1.165, 1.54) is 6.07 Å². The van der Waals surface area contributed by atoms with E-state index in [2.05, 4.69) is 23.8 Å². The van der Waals surface area contributed by atoms with Crippen molar-refractivity contribution in [1.29, 1.82) is 0 Å². The van der Waals surface area contributed by atoms with E-state index >= 15 is 0 Å². The fourth-order valence-corrected chi connectivity index (χ4v) is 3.11. The van der Waals surface area contributed by atoms with Gasteiger partial charge in [0.2, 0.25) is 0 Å². The predicted octanol–water partition coefficient (Wildman–Crippen LogP) is 2.64. The zero-order chi connectivity index (χ0) is 18.0. The third-order valence-electron chi connectivity index (χ3n) is 4.72. The summed E-state index contributed by atoms with van der Waals surface area (Å²) in [5.41, 5.74) is 2.27. The molecule has 1 aliphatic heterocycles. The van der Waals surface area contributed by atoms with Crippen LogP contribution in [0.15, 0.2) is 30.3 Å². The molecule has 2 aromatic rings. The summed E-state index contributed by atoms with van der Waals surface area (Å²) in [5, 5.41) is 4.42. The number of halogens is 1. The lowest BCUT2D eigenvalue weighted by atomic mass is 10.1. The van der Waals surface area contributed by atoms with Crippen LogP contribution >= 0.6 is 0 Å². The second-order valence-corrected chi connectivity index (χ2v) is 6.89. The molecule has 0 N–H and O–H groups in total. The average molecular weight is 344 g/mol. The molecule has 1 aromatic carbocycles. The number of carbonyl (C=O) groups excluding carboxylic acids is 1. The van der Waals surface area contributed by atoms with Crippen LogP contribution < -0.4 is 0 Å². The van der Waals surface area contributed by atoms with Gasteiger partial charge in [-0.3, -0.25) is 14.4 Å². The largest absolute Gasteiger partial charge is 0.335 e. The molecule has 6 heteroatoms. The van der Waals surface area contributed by atoms with Gasteiger partial charge in [-0.05, 0) is 18.1 Å². The molecular formula is C19H25FN4O. The summed E-state index contributed by atoms with van der Waals surface area (Å²) < 4.78 is 15.5. The maximum absolute atomic E-state index is 13.8. The van der Waals surface area contributed by atoms with Crippen LogP contribution in [0, 0.1) is 5.82 Å². The first-order valence-corrected chi connectivity index (χ1v) is 8.74. The number of hydrogen-bond donors (Lipinski definition) is 0. The van der Waals surface area contributed by atoms with Crippen molar-refractivity contribution in [3.8, 4) is 0 Å². The van der Waals surface area contributed by atoms with Crippen LogP contribution in [0.5, 0.6) is 0 Å². The van der Waals surface area contributed by atoms with Crippen LogP contribution in [0.2, 0.25) is 0 Å². The van der Waals surface area contributed by atoms with Crippen LogP contribution in [0.3, 0.4) is 0 Å². The number of hydrogen-bond acceptors (Lipinski definition) is 3. The molecule has 1 fully saturated rings. The minimum Gasteiger partial charge on any atom is -0.335 e. The molecule has 1 aromatic heterocycles. The van der Waals surface area contributed by atoms with Crippen molar-refractivity contribution in [3.05, 3.63) is 53.1 Å². The molecule has 0 spiro atoms. The summed E-state index contributed by atoms with van der Waals surface area (Å²) in [5.74, 6) is 0.148. The number of aromatic nitrogens is 2. The normalized spacial score (nSPS) is 15.8. The van der Waals surface area contributed by atoms with Crippen molar-refractivity contribution in [1.82, 2.24) is 19.6 Å². The van der Waals surface area contributed by atoms with Crippen LogP contribution in [-0.4, -0.2) is 51.7 Å². The first-order chi connectivity index (χ1) is 12.0. The van der Waals surface area contributed by atoms with E-state index in [0.717, 1.165) is 18.8 Å². The number of carbonyl (C=O) groups is 1. The summed E-state index contributed by atoms with van der Waals surface area (Å²) in [6.07, 6.45) is 0. The van der Waals surface area contributed by atoms with Gasteiger partial charge in [0.25, 0.3) is 5.91 Å². The molecule has 25 heavy (non-hydrogen) atoms. The van der Waals surface area contributed by atoms with Crippen LogP contribution in [0.1, 0.15) is 41.5 Å². The van der Waals surface area contributed by atoms with E-state index in [1.807, 2.05) is 30.1 Å². The number of rotatable bonds is 4. The van der Waals surface area contributed by atoms with Gasteiger partial charge in [-0.15, -0.1) is 0 Å². The van der Waals surface area contributed by atoms with Gasteiger partial charge in [-0.1, -0.05) is 32.0 Å². The Kier molecular flexibility index (Phi) is 5.18. The fraction of sp³-hybridized carbons (Fsp3) is 0.474. The first-order valence-electron chi connectivity index (χ1n) is 8.74. The predicted molar refractivity (Wildman–Crippen MR) is 94.9 cm³/mol. The summed E-state index contributed by atoms with van der Waals surface area (Å²) in [6, 6.07) is 8.75. The zero-order valence-electron chi connectivity index (χ0n) is 15.1. The number of amides is 1. The number of aryl methyl sites for hydroxylation is 1. The highest BCUT2D eigenvalue weighted by Gasteiger charge is 2.25. The van der Waals surface area contributed by atoms with Crippen molar-refractivity contribution in [3.63, 3.8) is 0 Å². The van der Waals surface area contributed by atoms with Crippen LogP contribution in [0.4, 0.5) is 4.39 Å². The summed E-state index contributed by atoms with van der Waals surface area (Å²) in [6.45, 7) is 7.50. The lowest BCUT2D eigenvalue weighted by Gasteiger charge is -2.34. The lowest BCUT2D eigenvalue weighted by Crippen LogP contribution is -2.48. The molecule has 0 bridgehead atoms. The highest BCUT2D eigenvalue weighted by Crippen LogP contribution is 2.17. The highest BCUT2D eigenvalue weighted by molar-refractivity contribution is 5.92. The Balaban J connectivity index is 1.60. The molecule has 1 amide bonds. The Morgan fingerprint density at radius 2 is 1.88 bits per heavy atom. The molecule has 1 saturated heterocycles. The number of piperazine rings is 1. The molecule has 0 aliphatic carbocycles.